The van der Waals surface area contributed by atoms with Gasteiger partial charge in [0, 0.05) is 5.56 Å². The zero-order valence-corrected chi connectivity index (χ0v) is 7.66. The smallest absolute Gasteiger partial charge is 0.265 e. The molecule has 1 aromatic carbocycles. The van der Waals surface area contributed by atoms with Gasteiger partial charge in [0.2, 0.25) is 0 Å². The lowest BCUT2D eigenvalue weighted by Gasteiger charge is -1.97. The third-order valence-electron chi connectivity index (χ3n) is 1.99. The van der Waals surface area contributed by atoms with E-state index in [1.54, 1.807) is 18.2 Å². The summed E-state index contributed by atoms with van der Waals surface area (Å²) < 4.78 is 0. The van der Waals surface area contributed by atoms with Crippen LogP contribution in [0, 0.1) is 6.92 Å². The Balaban J connectivity index is 2.55. The SMILES string of the molecule is Cc1nc2ccc(C(=O)NN)cc2[nH]1. The van der Waals surface area contributed by atoms with E-state index in [0.717, 1.165) is 16.9 Å². The number of carbonyl (C=O) groups excluding carboxylic acids is 1. The van der Waals surface area contributed by atoms with Crippen molar-refractivity contribution in [2.45, 2.75) is 6.92 Å². The molecule has 2 rings (SSSR count). The van der Waals surface area contributed by atoms with Crippen LogP contribution in [0.4, 0.5) is 0 Å². The summed E-state index contributed by atoms with van der Waals surface area (Å²) in [5, 5.41) is 0. The topological polar surface area (TPSA) is 83.8 Å². The van der Waals surface area contributed by atoms with Gasteiger partial charge in [0.25, 0.3) is 5.91 Å². The number of nitrogen functional groups attached to an aromatic ring is 1. The van der Waals surface area contributed by atoms with Gasteiger partial charge < -0.3 is 4.98 Å². The Morgan fingerprint density at radius 1 is 1.57 bits per heavy atom. The molecule has 2 aromatic rings. The number of aromatic amines is 1. The van der Waals surface area contributed by atoms with E-state index in [4.69, 9.17) is 5.84 Å². The number of aryl methyl sites for hydroxylation is 1. The number of amides is 1. The van der Waals surface area contributed by atoms with Crippen molar-refractivity contribution >= 4 is 16.9 Å². The first-order valence-electron chi connectivity index (χ1n) is 4.18. The van der Waals surface area contributed by atoms with E-state index in [9.17, 15) is 4.79 Å². The molecule has 0 saturated carbocycles. The van der Waals surface area contributed by atoms with Crippen molar-refractivity contribution in [3.63, 3.8) is 0 Å². The minimum Gasteiger partial charge on any atom is -0.342 e. The number of fused-ring (bicyclic) bond motifs is 1. The van der Waals surface area contributed by atoms with Gasteiger partial charge in [-0.1, -0.05) is 0 Å². The quantitative estimate of drug-likeness (QED) is 0.347. The zero-order chi connectivity index (χ0) is 10.1. The molecule has 0 radical (unpaired) electrons. The molecule has 0 spiro atoms. The van der Waals surface area contributed by atoms with Crippen LogP contribution < -0.4 is 11.3 Å². The van der Waals surface area contributed by atoms with E-state index in [1.165, 1.54) is 0 Å². The predicted molar refractivity (Wildman–Crippen MR) is 52.5 cm³/mol. The number of imidazole rings is 1. The van der Waals surface area contributed by atoms with Crippen LogP contribution in [0.5, 0.6) is 0 Å². The molecule has 4 N–H and O–H groups in total. The molecule has 5 heteroatoms. The lowest BCUT2D eigenvalue weighted by Crippen LogP contribution is -2.29. The number of carbonyl (C=O) groups is 1. The summed E-state index contributed by atoms with van der Waals surface area (Å²) in [7, 11) is 0. The molecule has 0 bridgehead atoms. The first kappa shape index (κ1) is 8.71. The van der Waals surface area contributed by atoms with E-state index in [1.807, 2.05) is 6.92 Å². The van der Waals surface area contributed by atoms with Gasteiger partial charge in [-0.2, -0.15) is 0 Å². The van der Waals surface area contributed by atoms with Crippen LogP contribution in [0.1, 0.15) is 16.2 Å². The lowest BCUT2D eigenvalue weighted by molar-refractivity contribution is 0.0954. The van der Waals surface area contributed by atoms with Crippen molar-refractivity contribution in [2.75, 3.05) is 0 Å². The van der Waals surface area contributed by atoms with Gasteiger partial charge in [-0.25, -0.2) is 10.8 Å². The highest BCUT2D eigenvalue weighted by molar-refractivity contribution is 5.96. The van der Waals surface area contributed by atoms with E-state index < -0.39 is 0 Å². The van der Waals surface area contributed by atoms with Gasteiger partial charge in [-0.05, 0) is 25.1 Å². The Labute approximate surface area is 80.3 Å². The van der Waals surface area contributed by atoms with Crippen molar-refractivity contribution in [1.82, 2.24) is 15.4 Å². The number of hydrogen-bond acceptors (Lipinski definition) is 3. The number of nitrogens with one attached hydrogen (secondary N) is 2. The number of nitrogens with two attached hydrogens (primary N) is 1. The fourth-order valence-electron chi connectivity index (χ4n) is 1.36. The number of hydrazine groups is 1. The molecule has 1 heterocycles. The summed E-state index contributed by atoms with van der Waals surface area (Å²) >= 11 is 0. The number of benzene rings is 1. The van der Waals surface area contributed by atoms with Gasteiger partial charge in [0.05, 0.1) is 11.0 Å². The summed E-state index contributed by atoms with van der Waals surface area (Å²) in [6, 6.07) is 5.19. The molecule has 0 saturated heterocycles. The largest absolute Gasteiger partial charge is 0.342 e. The molecule has 0 fully saturated rings. The molecule has 5 nitrogen and oxygen atoms in total. The maximum atomic E-state index is 11.2. The Kier molecular flexibility index (Phi) is 1.94. The van der Waals surface area contributed by atoms with E-state index in [-0.39, 0.29) is 5.91 Å². The van der Waals surface area contributed by atoms with Crippen LogP contribution in [-0.4, -0.2) is 15.9 Å². The lowest BCUT2D eigenvalue weighted by atomic mass is 10.2. The van der Waals surface area contributed by atoms with Crippen LogP contribution in [0.2, 0.25) is 0 Å². The second kappa shape index (κ2) is 3.12. The molecule has 1 aromatic heterocycles. The normalized spacial score (nSPS) is 10.4. The summed E-state index contributed by atoms with van der Waals surface area (Å²) in [4.78, 5) is 18.5. The molecule has 0 aliphatic carbocycles. The van der Waals surface area contributed by atoms with E-state index >= 15 is 0 Å². The summed E-state index contributed by atoms with van der Waals surface area (Å²) in [6.07, 6.45) is 0. The molecule has 1 amide bonds. The average Bonchev–Trinajstić information content (AvgIpc) is 2.55. The van der Waals surface area contributed by atoms with Gasteiger partial charge in [-0.15, -0.1) is 0 Å². The Hall–Kier alpha value is -1.88. The second-order valence-corrected chi connectivity index (χ2v) is 3.03. The van der Waals surface area contributed by atoms with Gasteiger partial charge >= 0.3 is 0 Å². The van der Waals surface area contributed by atoms with Crippen molar-refractivity contribution in [3.8, 4) is 0 Å². The maximum absolute atomic E-state index is 11.2. The van der Waals surface area contributed by atoms with E-state index in [2.05, 4.69) is 15.4 Å². The number of nitrogens with zero attached hydrogens (tertiary/aromatic N) is 1. The Morgan fingerprint density at radius 2 is 2.36 bits per heavy atom. The Bertz CT molecular complexity index is 489. The highest BCUT2D eigenvalue weighted by Crippen LogP contribution is 2.13. The molecule has 0 aliphatic rings. The monoisotopic (exact) mass is 190 g/mol. The highest BCUT2D eigenvalue weighted by Gasteiger charge is 2.05. The van der Waals surface area contributed by atoms with Crippen LogP contribution >= 0.6 is 0 Å². The predicted octanol–water partition coefficient (Wildman–Crippen LogP) is 0.475. The minimum absolute atomic E-state index is 0.306. The molecule has 14 heavy (non-hydrogen) atoms. The molecule has 0 unspecified atom stereocenters. The van der Waals surface area contributed by atoms with Crippen LogP contribution in [-0.2, 0) is 0 Å². The Morgan fingerprint density at radius 3 is 3.07 bits per heavy atom. The maximum Gasteiger partial charge on any atom is 0.265 e. The number of hydrogen-bond donors (Lipinski definition) is 3. The molecular weight excluding hydrogens is 180 g/mol. The molecular formula is C9H10N4O. The third kappa shape index (κ3) is 1.33. The number of rotatable bonds is 1. The minimum atomic E-state index is -0.306. The van der Waals surface area contributed by atoms with Crippen molar-refractivity contribution < 1.29 is 4.79 Å². The van der Waals surface area contributed by atoms with Gasteiger partial charge in [0.15, 0.2) is 0 Å². The highest BCUT2D eigenvalue weighted by atomic mass is 16.2. The third-order valence-corrected chi connectivity index (χ3v) is 1.99. The fraction of sp³-hybridized carbons (Fsp3) is 0.111. The zero-order valence-electron chi connectivity index (χ0n) is 7.66. The van der Waals surface area contributed by atoms with Crippen molar-refractivity contribution in [1.29, 1.82) is 0 Å². The van der Waals surface area contributed by atoms with Crippen LogP contribution in [0.15, 0.2) is 18.2 Å². The van der Waals surface area contributed by atoms with Crippen LogP contribution in [0.3, 0.4) is 0 Å². The average molecular weight is 190 g/mol. The molecule has 0 aliphatic heterocycles. The van der Waals surface area contributed by atoms with Crippen molar-refractivity contribution in [2.24, 2.45) is 5.84 Å². The summed E-state index contributed by atoms with van der Waals surface area (Å²) in [6.45, 7) is 1.86. The first-order chi connectivity index (χ1) is 6.70. The second-order valence-electron chi connectivity index (χ2n) is 3.03. The first-order valence-corrected chi connectivity index (χ1v) is 4.18. The standard InChI is InChI=1S/C9H10N4O/c1-5-11-7-3-2-6(9(14)13-10)4-8(7)12-5/h2-4H,10H2,1H3,(H,11,12)(H,13,14). The van der Waals surface area contributed by atoms with Crippen molar-refractivity contribution in [3.05, 3.63) is 29.6 Å². The summed E-state index contributed by atoms with van der Waals surface area (Å²) in [5.74, 6) is 5.55. The molecule has 72 valence electrons. The van der Waals surface area contributed by atoms with Gasteiger partial charge in [-0.3, -0.25) is 10.2 Å². The number of aromatic nitrogens is 2. The van der Waals surface area contributed by atoms with Crippen LogP contribution in [0.25, 0.3) is 11.0 Å². The number of H-pyrrole nitrogens is 1. The fourth-order valence-corrected chi connectivity index (χ4v) is 1.36. The van der Waals surface area contributed by atoms with E-state index in [0.29, 0.717) is 5.56 Å². The van der Waals surface area contributed by atoms with Gasteiger partial charge in [0.1, 0.15) is 5.82 Å². The summed E-state index contributed by atoms with van der Waals surface area (Å²) in [5.41, 5.74) is 4.28. The molecule has 0 atom stereocenters.